The van der Waals surface area contributed by atoms with E-state index in [0.29, 0.717) is 17.8 Å². The second-order valence-electron chi connectivity index (χ2n) is 5.34. The molecular weight excluding hydrogens is 300 g/mol. The summed E-state index contributed by atoms with van der Waals surface area (Å²) in [5.74, 6) is -0.953. The van der Waals surface area contributed by atoms with Crippen LogP contribution in [0.5, 0.6) is 0 Å². The van der Waals surface area contributed by atoms with E-state index >= 15 is 0 Å². The number of aromatic nitrogens is 1. The fourth-order valence-electron chi connectivity index (χ4n) is 2.49. The quantitative estimate of drug-likeness (QED) is 0.882. The highest BCUT2D eigenvalue weighted by atomic mass is 32.2. The summed E-state index contributed by atoms with van der Waals surface area (Å²) in [6.07, 6.45) is 3.97. The molecule has 1 heterocycles. The predicted molar refractivity (Wildman–Crippen MR) is 75.2 cm³/mol. The number of hydrogen-bond donors (Lipinski definition) is 2. The Labute approximate surface area is 122 Å². The van der Waals surface area contributed by atoms with Gasteiger partial charge in [-0.15, -0.1) is 11.3 Å². The molecule has 1 aromatic rings. The minimum atomic E-state index is -3.70. The summed E-state index contributed by atoms with van der Waals surface area (Å²) in [6, 6.07) is -0.582. The minimum absolute atomic E-state index is 0.133. The molecule has 1 fully saturated rings. The number of aryl methyl sites for hydroxylation is 1. The number of carbonyl (C=O) groups is 1. The van der Waals surface area contributed by atoms with Gasteiger partial charge in [-0.3, -0.25) is 4.79 Å². The molecule has 1 aromatic heterocycles. The van der Waals surface area contributed by atoms with Crippen LogP contribution in [0.15, 0.2) is 10.4 Å². The molecule has 0 bridgehead atoms. The van der Waals surface area contributed by atoms with E-state index in [1.54, 1.807) is 13.8 Å². The molecule has 8 heteroatoms. The van der Waals surface area contributed by atoms with Gasteiger partial charge in [0.25, 0.3) is 10.0 Å². The van der Waals surface area contributed by atoms with E-state index in [1.165, 1.54) is 6.20 Å². The summed E-state index contributed by atoms with van der Waals surface area (Å²) in [6.45, 7) is 3.34. The molecule has 0 aromatic carbocycles. The van der Waals surface area contributed by atoms with Gasteiger partial charge in [-0.25, -0.2) is 18.1 Å². The summed E-state index contributed by atoms with van der Waals surface area (Å²) in [5, 5.41) is 10.1. The molecule has 0 spiro atoms. The van der Waals surface area contributed by atoms with E-state index in [0.717, 1.165) is 24.2 Å². The van der Waals surface area contributed by atoms with E-state index in [4.69, 9.17) is 0 Å². The van der Waals surface area contributed by atoms with Crippen molar-refractivity contribution in [3.05, 3.63) is 11.2 Å². The van der Waals surface area contributed by atoms with Crippen molar-refractivity contribution < 1.29 is 18.3 Å². The van der Waals surface area contributed by atoms with Crippen LogP contribution >= 0.6 is 11.3 Å². The molecule has 2 rings (SSSR count). The van der Waals surface area contributed by atoms with Crippen molar-refractivity contribution in [3.63, 3.8) is 0 Å². The topological polar surface area (TPSA) is 96.4 Å². The number of hydrogen-bond acceptors (Lipinski definition) is 5. The second kappa shape index (κ2) is 5.42. The number of nitrogens with zero attached hydrogens (tertiary/aromatic N) is 1. The summed E-state index contributed by atoms with van der Waals surface area (Å²) in [4.78, 5) is 15.4. The van der Waals surface area contributed by atoms with Gasteiger partial charge < -0.3 is 5.11 Å². The van der Waals surface area contributed by atoms with E-state index in [1.807, 2.05) is 0 Å². The summed E-state index contributed by atoms with van der Waals surface area (Å²) >= 11 is 1.08. The van der Waals surface area contributed by atoms with Crippen molar-refractivity contribution in [2.45, 2.75) is 49.8 Å². The van der Waals surface area contributed by atoms with Crippen molar-refractivity contribution in [1.29, 1.82) is 0 Å². The lowest BCUT2D eigenvalue weighted by molar-refractivity contribution is -0.151. The Morgan fingerprint density at radius 1 is 1.55 bits per heavy atom. The van der Waals surface area contributed by atoms with Crippen LogP contribution in [0.4, 0.5) is 0 Å². The standard InChI is InChI=1S/C12H18N2O4S2/c1-8-13-7-10(19-8)20(17,18)14-9-5-3-4-6-12(9,2)11(15)16/h7,9,14H,3-6H2,1-2H3,(H,15,16). The Morgan fingerprint density at radius 3 is 2.80 bits per heavy atom. The molecule has 1 aliphatic carbocycles. The first kappa shape index (κ1) is 15.4. The van der Waals surface area contributed by atoms with Crippen molar-refractivity contribution >= 4 is 27.3 Å². The summed E-state index contributed by atoms with van der Waals surface area (Å²) < 4.78 is 27.3. The molecule has 1 aliphatic rings. The molecule has 1 saturated carbocycles. The van der Waals surface area contributed by atoms with E-state index in [9.17, 15) is 18.3 Å². The lowest BCUT2D eigenvalue weighted by Crippen LogP contribution is -2.51. The number of carboxylic acid groups (broad SMARTS) is 1. The first-order valence-electron chi connectivity index (χ1n) is 6.44. The van der Waals surface area contributed by atoms with E-state index < -0.39 is 27.4 Å². The Balaban J connectivity index is 2.25. The fraction of sp³-hybridized carbons (Fsp3) is 0.667. The SMILES string of the molecule is Cc1ncc(S(=O)(=O)NC2CCCCC2(C)C(=O)O)s1. The number of aliphatic carboxylic acids is 1. The van der Waals surface area contributed by atoms with Crippen LogP contribution in [-0.4, -0.2) is 30.5 Å². The number of nitrogens with one attached hydrogen (secondary N) is 1. The number of sulfonamides is 1. The average Bonchev–Trinajstić information content (AvgIpc) is 2.79. The monoisotopic (exact) mass is 318 g/mol. The Morgan fingerprint density at radius 2 is 2.25 bits per heavy atom. The molecule has 0 radical (unpaired) electrons. The van der Waals surface area contributed by atoms with Crippen molar-refractivity contribution in [2.24, 2.45) is 5.41 Å². The van der Waals surface area contributed by atoms with Crippen LogP contribution in [0.1, 0.15) is 37.6 Å². The highest BCUT2D eigenvalue weighted by molar-refractivity contribution is 7.91. The molecule has 2 atom stereocenters. The van der Waals surface area contributed by atoms with Gasteiger partial charge in [0, 0.05) is 6.04 Å². The fourth-order valence-corrected chi connectivity index (χ4v) is 5.00. The first-order valence-corrected chi connectivity index (χ1v) is 8.74. The molecule has 112 valence electrons. The molecule has 20 heavy (non-hydrogen) atoms. The highest BCUT2D eigenvalue weighted by Crippen LogP contribution is 2.37. The van der Waals surface area contributed by atoms with Crippen molar-refractivity contribution in [1.82, 2.24) is 9.71 Å². The highest BCUT2D eigenvalue weighted by Gasteiger charge is 2.45. The maximum atomic E-state index is 12.3. The van der Waals surface area contributed by atoms with E-state index in [2.05, 4.69) is 9.71 Å². The Hall–Kier alpha value is -0.990. The third-order valence-electron chi connectivity index (χ3n) is 3.86. The second-order valence-corrected chi connectivity index (χ2v) is 8.52. The summed E-state index contributed by atoms with van der Waals surface area (Å²) in [7, 11) is -3.70. The molecule has 0 aliphatic heterocycles. The van der Waals surface area contributed by atoms with Gasteiger partial charge in [-0.2, -0.15) is 0 Å². The molecular formula is C12H18N2O4S2. The molecule has 0 amide bonds. The third kappa shape index (κ3) is 2.87. The summed E-state index contributed by atoms with van der Waals surface area (Å²) in [5.41, 5.74) is -1.05. The smallest absolute Gasteiger partial charge is 0.310 e. The van der Waals surface area contributed by atoms with Gasteiger partial charge in [-0.1, -0.05) is 12.8 Å². The molecule has 0 saturated heterocycles. The van der Waals surface area contributed by atoms with Gasteiger partial charge in [0.15, 0.2) is 4.21 Å². The Bertz CT molecular complexity index is 611. The van der Waals surface area contributed by atoms with Gasteiger partial charge >= 0.3 is 5.97 Å². The Kier molecular flexibility index (Phi) is 4.17. The van der Waals surface area contributed by atoms with Crippen LogP contribution < -0.4 is 4.72 Å². The van der Waals surface area contributed by atoms with Gasteiger partial charge in [0.1, 0.15) is 0 Å². The largest absolute Gasteiger partial charge is 0.481 e. The third-order valence-corrected chi connectivity index (χ3v) is 6.70. The zero-order valence-corrected chi connectivity index (χ0v) is 13.1. The number of carboxylic acids is 1. The maximum absolute atomic E-state index is 12.3. The zero-order valence-electron chi connectivity index (χ0n) is 11.4. The van der Waals surface area contributed by atoms with Crippen LogP contribution in [-0.2, 0) is 14.8 Å². The maximum Gasteiger partial charge on any atom is 0.310 e. The first-order chi connectivity index (χ1) is 9.25. The van der Waals surface area contributed by atoms with Crippen LogP contribution in [0.25, 0.3) is 0 Å². The predicted octanol–water partition coefficient (Wildman–Crippen LogP) is 1.76. The molecule has 2 unspecified atom stereocenters. The van der Waals surface area contributed by atoms with Gasteiger partial charge in [-0.05, 0) is 26.7 Å². The molecule has 2 N–H and O–H groups in total. The number of rotatable bonds is 4. The number of thiazole rings is 1. The molecule has 6 nitrogen and oxygen atoms in total. The van der Waals surface area contributed by atoms with Gasteiger partial charge in [0.2, 0.25) is 0 Å². The van der Waals surface area contributed by atoms with Crippen molar-refractivity contribution in [3.8, 4) is 0 Å². The van der Waals surface area contributed by atoms with Gasteiger partial charge in [0.05, 0.1) is 16.6 Å². The lowest BCUT2D eigenvalue weighted by Gasteiger charge is -2.37. The zero-order chi connectivity index (χ0) is 15.0. The van der Waals surface area contributed by atoms with Crippen LogP contribution in [0.2, 0.25) is 0 Å². The van der Waals surface area contributed by atoms with E-state index in [-0.39, 0.29) is 4.21 Å². The van der Waals surface area contributed by atoms with Crippen LogP contribution in [0.3, 0.4) is 0 Å². The average molecular weight is 318 g/mol. The minimum Gasteiger partial charge on any atom is -0.481 e. The normalized spacial score (nSPS) is 27.4. The van der Waals surface area contributed by atoms with Crippen LogP contribution in [0, 0.1) is 12.3 Å². The van der Waals surface area contributed by atoms with Crippen molar-refractivity contribution in [2.75, 3.05) is 0 Å². The lowest BCUT2D eigenvalue weighted by atomic mass is 9.72.